The summed E-state index contributed by atoms with van der Waals surface area (Å²) in [6, 6.07) is 24.6. The Labute approximate surface area is 246 Å². The van der Waals surface area contributed by atoms with E-state index < -0.39 is 6.04 Å². The van der Waals surface area contributed by atoms with Crippen LogP contribution in [0.4, 0.5) is 0 Å². The van der Waals surface area contributed by atoms with E-state index in [1.165, 1.54) is 12.4 Å². The van der Waals surface area contributed by atoms with Crippen molar-refractivity contribution in [3.05, 3.63) is 124 Å². The lowest BCUT2D eigenvalue weighted by molar-refractivity contribution is -0.604. The zero-order valence-electron chi connectivity index (χ0n) is 22.0. The number of nitrogens with one attached hydrogen (secondary N) is 1. The first-order valence-electron chi connectivity index (χ1n) is 12.7. The molecule has 8 nitrogen and oxygen atoms in total. The van der Waals surface area contributed by atoms with Gasteiger partial charge in [0, 0.05) is 17.2 Å². The van der Waals surface area contributed by atoms with Crippen molar-refractivity contribution in [1.29, 1.82) is 0 Å². The number of aliphatic hydroxyl groups is 1. The van der Waals surface area contributed by atoms with Gasteiger partial charge in [-0.25, -0.2) is 4.68 Å². The molecule has 5 aromatic rings. The van der Waals surface area contributed by atoms with Gasteiger partial charge in [0.25, 0.3) is 5.91 Å². The molecular formula is C31H26Cl2N4O4. The van der Waals surface area contributed by atoms with Gasteiger partial charge in [0.15, 0.2) is 12.4 Å². The molecule has 0 unspecified atom stereocenters. The van der Waals surface area contributed by atoms with Crippen LogP contribution in [0.2, 0.25) is 10.0 Å². The van der Waals surface area contributed by atoms with Gasteiger partial charge in [-0.1, -0.05) is 47.5 Å². The number of carbonyl (C=O) groups excluding carboxylic acids is 1. The van der Waals surface area contributed by atoms with E-state index in [0.717, 1.165) is 27.3 Å². The SMILES string of the molecule is COc1ccc(C[C@@H](CO)NC(=O)c2ccc(-c3cc(-c4ccc[n+]([O-])c4)nn3-c3ccc(Cl)c(Cl)c3)cc2)cc1. The third kappa shape index (κ3) is 6.52. The minimum atomic E-state index is -0.455. The van der Waals surface area contributed by atoms with Crippen LogP contribution in [0, 0.1) is 5.21 Å². The predicted molar refractivity (Wildman–Crippen MR) is 158 cm³/mol. The summed E-state index contributed by atoms with van der Waals surface area (Å²) in [6.45, 7) is -0.204. The summed E-state index contributed by atoms with van der Waals surface area (Å²) in [5, 5.41) is 30.2. The Morgan fingerprint density at radius 1 is 1.02 bits per heavy atom. The Kier molecular flexibility index (Phi) is 8.54. The maximum Gasteiger partial charge on any atom is 0.251 e. The van der Waals surface area contributed by atoms with Gasteiger partial charge in [0.05, 0.1) is 52.4 Å². The van der Waals surface area contributed by atoms with Crippen molar-refractivity contribution in [3.8, 4) is 34.0 Å². The maximum atomic E-state index is 13.0. The molecule has 10 heteroatoms. The van der Waals surface area contributed by atoms with E-state index in [-0.39, 0.29) is 12.5 Å². The Balaban J connectivity index is 1.41. The molecule has 0 saturated heterocycles. The summed E-state index contributed by atoms with van der Waals surface area (Å²) >= 11 is 12.4. The van der Waals surface area contributed by atoms with Crippen molar-refractivity contribution in [1.82, 2.24) is 15.1 Å². The Morgan fingerprint density at radius 3 is 2.44 bits per heavy atom. The number of hydrogen-bond donors (Lipinski definition) is 2. The molecule has 0 bridgehead atoms. The number of methoxy groups -OCH3 is 1. The van der Waals surface area contributed by atoms with E-state index in [4.69, 9.17) is 33.0 Å². The molecule has 0 radical (unpaired) electrons. The van der Waals surface area contributed by atoms with Gasteiger partial charge in [0.1, 0.15) is 5.75 Å². The average Bonchev–Trinajstić information content (AvgIpc) is 3.44. The minimum absolute atomic E-state index is 0.204. The van der Waals surface area contributed by atoms with Crippen LogP contribution in [0.3, 0.4) is 0 Å². The van der Waals surface area contributed by atoms with Gasteiger partial charge in [-0.15, -0.1) is 0 Å². The van der Waals surface area contributed by atoms with Crippen LogP contribution in [0.25, 0.3) is 28.2 Å². The summed E-state index contributed by atoms with van der Waals surface area (Å²) in [4.78, 5) is 13.0. The summed E-state index contributed by atoms with van der Waals surface area (Å²) in [5.41, 5.74) is 4.82. The lowest BCUT2D eigenvalue weighted by atomic mass is 10.0. The van der Waals surface area contributed by atoms with Crippen LogP contribution in [-0.2, 0) is 6.42 Å². The molecule has 0 saturated carbocycles. The predicted octanol–water partition coefficient (Wildman–Crippen LogP) is 5.49. The third-order valence-electron chi connectivity index (χ3n) is 6.57. The summed E-state index contributed by atoms with van der Waals surface area (Å²) in [7, 11) is 1.60. The Hall–Kier alpha value is -4.37. The van der Waals surface area contributed by atoms with E-state index >= 15 is 0 Å². The van der Waals surface area contributed by atoms with E-state index in [2.05, 4.69) is 5.32 Å². The van der Waals surface area contributed by atoms with Crippen molar-refractivity contribution in [2.24, 2.45) is 0 Å². The smallest absolute Gasteiger partial charge is 0.251 e. The molecule has 1 atom stereocenters. The molecule has 2 aromatic heterocycles. The van der Waals surface area contributed by atoms with Crippen molar-refractivity contribution in [2.45, 2.75) is 12.5 Å². The van der Waals surface area contributed by atoms with Crippen LogP contribution in [0.5, 0.6) is 5.75 Å². The van der Waals surface area contributed by atoms with Gasteiger partial charge in [-0.3, -0.25) is 4.79 Å². The molecule has 0 spiro atoms. The van der Waals surface area contributed by atoms with E-state index in [1.807, 2.05) is 42.5 Å². The van der Waals surface area contributed by atoms with Crippen LogP contribution in [0.15, 0.2) is 97.3 Å². The Bertz CT molecular complexity index is 1670. The molecule has 3 aromatic carbocycles. The number of benzene rings is 3. The van der Waals surface area contributed by atoms with Crippen LogP contribution in [-0.4, -0.2) is 40.6 Å². The fourth-order valence-electron chi connectivity index (χ4n) is 4.42. The average molecular weight is 589 g/mol. The summed E-state index contributed by atoms with van der Waals surface area (Å²) in [5.74, 6) is 0.441. The zero-order valence-corrected chi connectivity index (χ0v) is 23.5. The van der Waals surface area contributed by atoms with E-state index in [0.29, 0.717) is 39.0 Å². The number of nitrogens with zero attached hydrogens (tertiary/aromatic N) is 3. The molecule has 2 heterocycles. The van der Waals surface area contributed by atoms with Crippen molar-refractivity contribution in [2.75, 3.05) is 13.7 Å². The number of aromatic nitrogens is 3. The van der Waals surface area contributed by atoms with Crippen molar-refractivity contribution >= 4 is 29.1 Å². The van der Waals surface area contributed by atoms with E-state index in [1.54, 1.807) is 54.3 Å². The summed E-state index contributed by atoms with van der Waals surface area (Å²) < 4.78 is 7.62. The van der Waals surface area contributed by atoms with Crippen molar-refractivity contribution in [3.63, 3.8) is 0 Å². The van der Waals surface area contributed by atoms with Crippen LogP contribution in [0.1, 0.15) is 15.9 Å². The van der Waals surface area contributed by atoms with Crippen LogP contribution < -0.4 is 14.8 Å². The molecule has 41 heavy (non-hydrogen) atoms. The fraction of sp³-hybridized carbons (Fsp3) is 0.129. The van der Waals surface area contributed by atoms with E-state index in [9.17, 15) is 15.1 Å². The largest absolute Gasteiger partial charge is 0.619 e. The molecule has 2 N–H and O–H groups in total. The highest BCUT2D eigenvalue weighted by molar-refractivity contribution is 6.42. The minimum Gasteiger partial charge on any atom is -0.619 e. The molecule has 208 valence electrons. The molecule has 0 fully saturated rings. The number of carbonyl (C=O) groups is 1. The molecule has 5 rings (SSSR count). The number of halogens is 2. The third-order valence-corrected chi connectivity index (χ3v) is 7.31. The van der Waals surface area contributed by atoms with Gasteiger partial charge < -0.3 is 20.4 Å². The van der Waals surface area contributed by atoms with Gasteiger partial charge >= 0.3 is 0 Å². The highest BCUT2D eigenvalue weighted by Crippen LogP contribution is 2.31. The second-order valence-corrected chi connectivity index (χ2v) is 10.2. The number of hydrogen-bond acceptors (Lipinski definition) is 5. The quantitative estimate of drug-likeness (QED) is 0.175. The van der Waals surface area contributed by atoms with Crippen molar-refractivity contribution < 1.29 is 19.4 Å². The normalized spacial score (nSPS) is 11.7. The molecule has 0 aliphatic carbocycles. The topological polar surface area (TPSA) is 103 Å². The van der Waals surface area contributed by atoms with Gasteiger partial charge in [-0.05, 0) is 66.6 Å². The number of amides is 1. The molecule has 0 aliphatic rings. The van der Waals surface area contributed by atoms with Gasteiger partial charge in [-0.2, -0.15) is 9.83 Å². The molecule has 1 amide bonds. The monoisotopic (exact) mass is 588 g/mol. The standard InChI is InChI=1S/C31H26Cl2N4O4/c1-41-26-11-4-20(5-12-26)15-24(19-38)34-31(39)22-8-6-21(7-9-22)30-17-29(23-3-2-14-36(40)18-23)35-37(30)25-10-13-27(32)28(33)16-25/h2-14,16-18,24,38H,15,19H2,1H3,(H,34,39)/t24-/m0/s1. The Morgan fingerprint density at radius 2 is 1.78 bits per heavy atom. The lowest BCUT2D eigenvalue weighted by Gasteiger charge is -2.17. The highest BCUT2D eigenvalue weighted by atomic mass is 35.5. The second-order valence-electron chi connectivity index (χ2n) is 9.36. The first kappa shape index (κ1) is 28.2. The number of pyridine rings is 1. The second kappa shape index (κ2) is 12.4. The number of rotatable bonds is 9. The first-order chi connectivity index (χ1) is 19.8. The number of ether oxygens (including phenoxy) is 1. The number of aliphatic hydroxyl groups excluding tert-OH is 1. The zero-order chi connectivity index (χ0) is 28.9. The fourth-order valence-corrected chi connectivity index (χ4v) is 4.71. The molecular weight excluding hydrogens is 563 g/mol. The molecule has 0 aliphatic heterocycles. The van der Waals surface area contributed by atoms with Gasteiger partial charge in [0.2, 0.25) is 0 Å². The maximum absolute atomic E-state index is 13.0. The summed E-state index contributed by atoms with van der Waals surface area (Å²) in [6.07, 6.45) is 3.32. The lowest BCUT2D eigenvalue weighted by Crippen LogP contribution is -2.39. The highest BCUT2D eigenvalue weighted by Gasteiger charge is 2.18. The first-order valence-corrected chi connectivity index (χ1v) is 13.5. The van der Waals surface area contributed by atoms with Crippen LogP contribution >= 0.6 is 23.2 Å².